The number of halogens is 3. The average molecular weight is 486 g/mol. The number of piperazine rings is 1. The maximum Gasteiger partial charge on any atom is 0.490 e. The molecule has 1 aromatic rings. The maximum atomic E-state index is 13.1. The van der Waals surface area contributed by atoms with Gasteiger partial charge in [-0.25, -0.2) is 4.79 Å². The van der Waals surface area contributed by atoms with Crippen molar-refractivity contribution in [2.24, 2.45) is 5.92 Å². The maximum absolute atomic E-state index is 13.1. The quantitative estimate of drug-likeness (QED) is 0.702. The number of hydrogen-bond donors (Lipinski definition) is 1. The fourth-order valence-electron chi connectivity index (χ4n) is 4.86. The van der Waals surface area contributed by atoms with E-state index in [1.165, 1.54) is 18.4 Å². The molecule has 1 saturated carbocycles. The second-order valence-corrected chi connectivity index (χ2v) is 9.41. The summed E-state index contributed by atoms with van der Waals surface area (Å²) in [5, 5.41) is 7.12. The van der Waals surface area contributed by atoms with Gasteiger partial charge in [-0.05, 0) is 49.3 Å². The van der Waals surface area contributed by atoms with Gasteiger partial charge in [-0.15, -0.1) is 0 Å². The van der Waals surface area contributed by atoms with Crippen LogP contribution in [0.5, 0.6) is 11.5 Å². The van der Waals surface area contributed by atoms with Crippen LogP contribution in [-0.2, 0) is 16.1 Å². The molecule has 2 saturated heterocycles. The van der Waals surface area contributed by atoms with Crippen LogP contribution in [0.15, 0.2) is 18.2 Å². The van der Waals surface area contributed by atoms with Crippen LogP contribution >= 0.6 is 0 Å². The summed E-state index contributed by atoms with van der Waals surface area (Å²) in [5.41, 5.74) is 0.984. The number of benzene rings is 1. The molecule has 0 bridgehead atoms. The molecule has 1 N–H and O–H groups in total. The van der Waals surface area contributed by atoms with Gasteiger partial charge in [0.2, 0.25) is 12.7 Å². The summed E-state index contributed by atoms with van der Waals surface area (Å²) in [6.07, 6.45) is -0.527. The molecular formula is C23H30F3N3O5. The van der Waals surface area contributed by atoms with E-state index >= 15 is 0 Å². The van der Waals surface area contributed by atoms with Crippen molar-refractivity contribution < 1.29 is 37.3 Å². The van der Waals surface area contributed by atoms with Gasteiger partial charge >= 0.3 is 12.1 Å². The smallest absolute Gasteiger partial charge is 0.475 e. The Morgan fingerprint density at radius 1 is 1.12 bits per heavy atom. The van der Waals surface area contributed by atoms with Gasteiger partial charge in [-0.3, -0.25) is 14.6 Å². The molecule has 1 aromatic carbocycles. The Balaban J connectivity index is 0.000000344. The third kappa shape index (κ3) is 5.41. The first-order valence-corrected chi connectivity index (χ1v) is 11.5. The number of aliphatic carboxylic acids is 1. The number of nitrogens with zero attached hydrogens (tertiary/aromatic N) is 3. The zero-order valence-corrected chi connectivity index (χ0v) is 19.1. The van der Waals surface area contributed by atoms with E-state index in [-0.39, 0.29) is 5.54 Å². The van der Waals surface area contributed by atoms with Crippen LogP contribution in [0.25, 0.3) is 0 Å². The monoisotopic (exact) mass is 485 g/mol. The molecule has 0 aromatic heterocycles. The van der Waals surface area contributed by atoms with E-state index in [1.54, 1.807) is 0 Å². The lowest BCUT2D eigenvalue weighted by molar-refractivity contribution is -0.192. The largest absolute Gasteiger partial charge is 0.490 e. The van der Waals surface area contributed by atoms with Gasteiger partial charge < -0.3 is 19.5 Å². The highest BCUT2D eigenvalue weighted by molar-refractivity contribution is 5.87. The molecule has 188 valence electrons. The van der Waals surface area contributed by atoms with Gasteiger partial charge in [0.05, 0.1) is 0 Å². The molecule has 0 atom stereocenters. The van der Waals surface area contributed by atoms with Crippen molar-refractivity contribution in [2.75, 3.05) is 46.6 Å². The number of carboxylic acid groups (broad SMARTS) is 1. The molecule has 4 aliphatic rings. The fraction of sp³-hybridized carbons (Fsp3) is 0.652. The number of carbonyl (C=O) groups excluding carboxylic acids is 1. The summed E-state index contributed by atoms with van der Waals surface area (Å²) >= 11 is 0. The number of ether oxygens (including phenoxy) is 2. The summed E-state index contributed by atoms with van der Waals surface area (Å²) < 4.78 is 42.6. The first-order chi connectivity index (χ1) is 16.1. The number of hydrogen-bond acceptors (Lipinski definition) is 6. The highest BCUT2D eigenvalue weighted by Crippen LogP contribution is 2.39. The summed E-state index contributed by atoms with van der Waals surface area (Å²) in [6, 6.07) is 6.21. The average Bonchev–Trinajstić information content (AvgIpc) is 3.49. The Morgan fingerprint density at radius 3 is 2.38 bits per heavy atom. The van der Waals surface area contributed by atoms with E-state index in [0.29, 0.717) is 12.7 Å². The van der Waals surface area contributed by atoms with Crippen molar-refractivity contribution in [1.82, 2.24) is 14.7 Å². The predicted molar refractivity (Wildman–Crippen MR) is 115 cm³/mol. The first kappa shape index (κ1) is 24.6. The van der Waals surface area contributed by atoms with Crippen LogP contribution < -0.4 is 9.47 Å². The molecule has 3 fully saturated rings. The Bertz CT molecular complexity index is 914. The number of alkyl halides is 3. The minimum absolute atomic E-state index is 0.263. The molecule has 5 rings (SSSR count). The summed E-state index contributed by atoms with van der Waals surface area (Å²) in [7, 11) is 1.97. The van der Waals surface area contributed by atoms with Crippen LogP contribution in [0.3, 0.4) is 0 Å². The number of likely N-dealkylation sites (tertiary alicyclic amines) is 1. The number of carbonyl (C=O) groups is 2. The van der Waals surface area contributed by atoms with Gasteiger partial charge in [0.1, 0.15) is 5.54 Å². The lowest BCUT2D eigenvalue weighted by atomic mass is 9.82. The third-order valence-electron chi connectivity index (χ3n) is 7.00. The second kappa shape index (κ2) is 9.61. The molecule has 8 nitrogen and oxygen atoms in total. The van der Waals surface area contributed by atoms with Crippen molar-refractivity contribution in [2.45, 2.75) is 43.9 Å². The predicted octanol–water partition coefficient (Wildman–Crippen LogP) is 2.57. The SMILES string of the molecule is CN1CCN(CC2CC2)C2(CCN(Cc3ccc4c(c3)OCO4)CC2)C1=O.O=C(O)C(F)(F)F. The van der Waals surface area contributed by atoms with E-state index in [4.69, 9.17) is 19.4 Å². The number of amides is 1. The number of likely N-dealkylation sites (N-methyl/N-ethyl adjacent to an activating group) is 1. The molecule has 11 heteroatoms. The molecule has 1 spiro atoms. The van der Waals surface area contributed by atoms with Crippen molar-refractivity contribution in [3.63, 3.8) is 0 Å². The van der Waals surface area contributed by atoms with Crippen LogP contribution in [0.1, 0.15) is 31.2 Å². The Kier molecular flexibility index (Phi) is 6.95. The van der Waals surface area contributed by atoms with Crippen molar-refractivity contribution >= 4 is 11.9 Å². The fourth-order valence-corrected chi connectivity index (χ4v) is 4.86. The van der Waals surface area contributed by atoms with Crippen LogP contribution in [0.4, 0.5) is 13.2 Å². The molecule has 1 aliphatic carbocycles. The number of fused-ring (bicyclic) bond motifs is 1. The molecule has 0 unspecified atom stereocenters. The number of carboxylic acids is 1. The van der Waals surface area contributed by atoms with E-state index in [9.17, 15) is 18.0 Å². The highest BCUT2D eigenvalue weighted by atomic mass is 19.4. The van der Waals surface area contributed by atoms with E-state index in [0.717, 1.165) is 69.5 Å². The molecule has 1 amide bonds. The normalized spacial score (nSPS) is 22.5. The number of rotatable bonds is 4. The van der Waals surface area contributed by atoms with Crippen molar-refractivity contribution in [3.05, 3.63) is 23.8 Å². The third-order valence-corrected chi connectivity index (χ3v) is 7.00. The summed E-state index contributed by atoms with van der Waals surface area (Å²) in [6.45, 7) is 6.16. The standard InChI is InChI=1S/C21H29N3O3.C2HF3O2/c1-22-10-11-24(14-16-2-3-16)21(20(22)25)6-8-23(9-7-21)13-17-4-5-18-19(12-17)27-15-26-18;3-2(4,5)1(6)7/h4-5,12,16H,2-3,6-11,13-15H2,1H3;(H,6,7). The van der Waals surface area contributed by atoms with Gasteiger partial charge in [0.25, 0.3) is 0 Å². The molecule has 3 heterocycles. The second-order valence-electron chi connectivity index (χ2n) is 9.41. The topological polar surface area (TPSA) is 82.5 Å². The minimum atomic E-state index is -5.08. The van der Waals surface area contributed by atoms with Gasteiger partial charge in [-0.2, -0.15) is 13.2 Å². The van der Waals surface area contributed by atoms with E-state index in [2.05, 4.69) is 21.9 Å². The molecule has 3 aliphatic heterocycles. The van der Waals surface area contributed by atoms with Crippen LogP contribution in [-0.4, -0.2) is 90.0 Å². The van der Waals surface area contributed by atoms with Gasteiger partial charge in [0, 0.05) is 46.3 Å². The van der Waals surface area contributed by atoms with E-state index < -0.39 is 12.1 Å². The van der Waals surface area contributed by atoms with Crippen LogP contribution in [0, 0.1) is 5.92 Å². The lowest BCUT2D eigenvalue weighted by Crippen LogP contribution is -2.68. The zero-order valence-electron chi connectivity index (χ0n) is 19.1. The zero-order chi connectivity index (χ0) is 24.5. The Labute approximate surface area is 196 Å². The highest BCUT2D eigenvalue weighted by Gasteiger charge is 2.50. The Hall–Kier alpha value is -2.53. The molecular weight excluding hydrogens is 455 g/mol. The van der Waals surface area contributed by atoms with Gasteiger partial charge in [0.15, 0.2) is 11.5 Å². The lowest BCUT2D eigenvalue weighted by Gasteiger charge is -2.52. The van der Waals surface area contributed by atoms with Crippen LogP contribution in [0.2, 0.25) is 0 Å². The van der Waals surface area contributed by atoms with E-state index in [1.807, 2.05) is 18.0 Å². The first-order valence-electron chi connectivity index (χ1n) is 11.5. The summed E-state index contributed by atoms with van der Waals surface area (Å²) in [5.74, 6) is 0.0953. The van der Waals surface area contributed by atoms with Crippen molar-refractivity contribution in [3.8, 4) is 11.5 Å². The van der Waals surface area contributed by atoms with Gasteiger partial charge in [-0.1, -0.05) is 6.07 Å². The molecule has 0 radical (unpaired) electrons. The molecule has 34 heavy (non-hydrogen) atoms. The summed E-state index contributed by atoms with van der Waals surface area (Å²) in [4.78, 5) is 29.0. The minimum Gasteiger partial charge on any atom is -0.475 e. The number of piperidine rings is 1. The Morgan fingerprint density at radius 2 is 1.76 bits per heavy atom. The van der Waals surface area contributed by atoms with Crippen molar-refractivity contribution in [1.29, 1.82) is 0 Å².